The van der Waals surface area contributed by atoms with Gasteiger partial charge >= 0.3 is 0 Å². The van der Waals surface area contributed by atoms with Crippen molar-refractivity contribution in [3.05, 3.63) is 267 Å². The number of fused-ring (bicyclic) bond motifs is 12. The van der Waals surface area contributed by atoms with E-state index in [9.17, 15) is 0 Å². The molecule has 2 aromatic heterocycles. The molecular formula is C74H50N2O2Si. The minimum atomic E-state index is -2.31. The topological polar surface area (TPSA) is 32.8 Å². The molecule has 0 spiro atoms. The Hall–Kier alpha value is -9.94. The first-order valence-electron chi connectivity index (χ1n) is 27.2. The summed E-state index contributed by atoms with van der Waals surface area (Å²) in [5, 5.41) is 15.0. The Labute approximate surface area is 458 Å². The second-order valence-electron chi connectivity index (χ2n) is 21.5. The van der Waals surface area contributed by atoms with Crippen LogP contribution in [-0.2, 0) is 0 Å². The van der Waals surface area contributed by atoms with Crippen molar-refractivity contribution >= 4 is 129 Å². The highest BCUT2D eigenvalue weighted by molar-refractivity contribution is 7.03. The Bertz CT molecular complexity index is 4940. The molecule has 0 radical (unpaired) electrons. The highest BCUT2D eigenvalue weighted by Gasteiger charge is 2.37. The molecule has 0 saturated heterocycles. The van der Waals surface area contributed by atoms with Gasteiger partial charge in [0.1, 0.15) is 24.8 Å². The van der Waals surface area contributed by atoms with Crippen molar-refractivity contribution < 1.29 is 8.83 Å². The smallest absolute Gasteiger partial charge is 0.159 e. The lowest BCUT2D eigenvalue weighted by Crippen LogP contribution is -2.56. The van der Waals surface area contributed by atoms with Crippen LogP contribution in [0.3, 0.4) is 0 Å². The molecule has 13 aromatic carbocycles. The van der Waals surface area contributed by atoms with Crippen molar-refractivity contribution in [1.29, 1.82) is 0 Å². The number of furan rings is 2. The zero-order valence-electron chi connectivity index (χ0n) is 43.6. The average molecular weight is 1030 g/mol. The molecule has 0 amide bonds. The number of rotatable bonds is 8. The molecule has 1 aliphatic rings. The van der Waals surface area contributed by atoms with Crippen LogP contribution in [0.5, 0.6) is 0 Å². The molecule has 16 rings (SSSR count). The Morgan fingerprint density at radius 2 is 0.823 bits per heavy atom. The lowest BCUT2D eigenvalue weighted by atomic mass is 9.87. The number of anilines is 6. The number of hydrogen-bond acceptors (Lipinski definition) is 4. The Balaban J connectivity index is 0.849. The van der Waals surface area contributed by atoms with E-state index in [1.54, 1.807) is 0 Å². The number of hydrogen-bond donors (Lipinski definition) is 0. The van der Waals surface area contributed by atoms with Crippen LogP contribution < -0.4 is 20.2 Å². The summed E-state index contributed by atoms with van der Waals surface area (Å²) in [6.07, 6.45) is 0. The van der Waals surface area contributed by atoms with Gasteiger partial charge in [-0.1, -0.05) is 189 Å². The van der Waals surface area contributed by atoms with Crippen molar-refractivity contribution in [1.82, 2.24) is 0 Å². The summed E-state index contributed by atoms with van der Waals surface area (Å²) in [6, 6.07) is 97.4. The summed E-state index contributed by atoms with van der Waals surface area (Å²) in [6.45, 7) is 5.08. The Morgan fingerprint density at radius 1 is 0.278 bits per heavy atom. The maximum atomic E-state index is 6.76. The maximum absolute atomic E-state index is 6.76. The van der Waals surface area contributed by atoms with Gasteiger partial charge in [-0.3, -0.25) is 0 Å². The van der Waals surface area contributed by atoms with Crippen molar-refractivity contribution in [2.24, 2.45) is 0 Å². The highest BCUT2D eigenvalue weighted by Crippen LogP contribution is 2.48. The van der Waals surface area contributed by atoms with E-state index in [0.29, 0.717) is 0 Å². The molecular weight excluding hydrogens is 977 g/mol. The summed E-state index contributed by atoms with van der Waals surface area (Å²) < 4.78 is 13.1. The Kier molecular flexibility index (Phi) is 10.1. The quantitative estimate of drug-likeness (QED) is 0.112. The lowest BCUT2D eigenvalue weighted by molar-refractivity contribution is 0.668. The summed E-state index contributed by atoms with van der Waals surface area (Å²) in [5.74, 6) is 0. The standard InChI is InChI=1S/C74H50N2O2Si/c1-79(2)71-34-18-28-59-63-45-61(48-35-37-50(38-36-48)76(66-30-14-11-23-53(66)47-19-5-3-6-20-47)67-31-17-29-60-56-26-12-16-33-69(56)78-74(60)67)54-24-9-10-25-55(54)62(63)46-65(73(59)71)58-41-39-52(44-72(58)79)75(49-21-7-4-8-22-49)51-40-42-70-64(43-51)57-27-13-15-32-68(57)77-70/h3-46H,1-2H3. The summed E-state index contributed by atoms with van der Waals surface area (Å²) in [7, 11) is -2.31. The molecule has 0 bridgehead atoms. The molecule has 0 aliphatic carbocycles. The van der Waals surface area contributed by atoms with Gasteiger partial charge in [0.2, 0.25) is 0 Å². The van der Waals surface area contributed by atoms with Crippen LogP contribution in [0.1, 0.15) is 0 Å². The first-order chi connectivity index (χ1) is 38.9. The number of benzene rings is 13. The van der Waals surface area contributed by atoms with Crippen molar-refractivity contribution in [2.45, 2.75) is 13.1 Å². The van der Waals surface area contributed by atoms with Crippen LogP contribution in [0.25, 0.3) is 110 Å². The zero-order valence-corrected chi connectivity index (χ0v) is 44.6. The second kappa shape index (κ2) is 17.5. The van der Waals surface area contributed by atoms with E-state index in [1.165, 1.54) is 59.4 Å². The molecule has 0 fully saturated rings. The van der Waals surface area contributed by atoms with Crippen molar-refractivity contribution in [3.8, 4) is 33.4 Å². The van der Waals surface area contributed by atoms with Crippen LogP contribution >= 0.6 is 0 Å². The molecule has 79 heavy (non-hydrogen) atoms. The van der Waals surface area contributed by atoms with E-state index >= 15 is 0 Å². The van der Waals surface area contributed by atoms with Gasteiger partial charge in [0.05, 0.1) is 11.4 Å². The van der Waals surface area contributed by atoms with Gasteiger partial charge in [-0.05, 0) is 162 Å². The highest BCUT2D eigenvalue weighted by atomic mass is 28.3. The molecule has 3 heterocycles. The van der Waals surface area contributed by atoms with Crippen LogP contribution in [0, 0.1) is 0 Å². The molecule has 5 heteroatoms. The third-order valence-electron chi connectivity index (χ3n) is 16.8. The predicted molar refractivity (Wildman–Crippen MR) is 336 cm³/mol. The van der Waals surface area contributed by atoms with E-state index in [1.807, 2.05) is 12.1 Å². The van der Waals surface area contributed by atoms with Gasteiger partial charge in [0.25, 0.3) is 0 Å². The van der Waals surface area contributed by atoms with Crippen LogP contribution in [0.15, 0.2) is 276 Å². The lowest BCUT2D eigenvalue weighted by Gasteiger charge is -2.35. The first kappa shape index (κ1) is 45.3. The minimum absolute atomic E-state index is 0.857. The normalized spacial score (nSPS) is 12.8. The van der Waals surface area contributed by atoms with Gasteiger partial charge < -0.3 is 18.6 Å². The molecule has 1 aliphatic heterocycles. The molecule has 0 atom stereocenters. The van der Waals surface area contributed by atoms with Gasteiger partial charge in [0.15, 0.2) is 5.58 Å². The van der Waals surface area contributed by atoms with Crippen LogP contribution in [0.2, 0.25) is 13.1 Å². The SMILES string of the molecule is C[Si]1(C)c2cc(N(c3ccccc3)c3ccc4oc5ccccc5c4c3)ccc2-c2cc3c4ccccc4c(-c4ccc(N(c5ccccc5-c5ccccc5)c5cccc6c5oc5ccccc56)cc4)cc3c3cccc1c23. The fourth-order valence-corrected chi connectivity index (χ4v) is 16.2. The largest absolute Gasteiger partial charge is 0.456 e. The summed E-state index contributed by atoms with van der Waals surface area (Å²) in [4.78, 5) is 4.78. The first-order valence-corrected chi connectivity index (χ1v) is 30.2. The fourth-order valence-electron chi connectivity index (χ4n) is 13.1. The van der Waals surface area contributed by atoms with E-state index in [-0.39, 0.29) is 0 Å². The molecule has 4 nitrogen and oxygen atoms in total. The third kappa shape index (κ3) is 6.99. The number of para-hydroxylation sites is 5. The second-order valence-corrected chi connectivity index (χ2v) is 25.9. The van der Waals surface area contributed by atoms with Gasteiger partial charge in [0, 0.05) is 49.9 Å². The van der Waals surface area contributed by atoms with E-state index in [0.717, 1.165) is 94.7 Å². The van der Waals surface area contributed by atoms with Gasteiger partial charge in [-0.2, -0.15) is 0 Å². The molecule has 372 valence electrons. The predicted octanol–water partition coefficient (Wildman–Crippen LogP) is 20.0. The zero-order chi connectivity index (χ0) is 52.3. The van der Waals surface area contributed by atoms with Gasteiger partial charge in [-0.15, -0.1) is 0 Å². The fraction of sp³-hybridized carbons (Fsp3) is 0.0270. The van der Waals surface area contributed by atoms with Gasteiger partial charge in [-0.25, -0.2) is 0 Å². The van der Waals surface area contributed by atoms with E-state index in [4.69, 9.17) is 8.83 Å². The van der Waals surface area contributed by atoms with Crippen molar-refractivity contribution in [2.75, 3.05) is 9.80 Å². The Morgan fingerprint density at radius 3 is 1.63 bits per heavy atom. The van der Waals surface area contributed by atoms with Crippen LogP contribution in [0.4, 0.5) is 34.1 Å². The van der Waals surface area contributed by atoms with Crippen LogP contribution in [-0.4, -0.2) is 8.07 Å². The van der Waals surface area contributed by atoms with Crippen molar-refractivity contribution in [3.63, 3.8) is 0 Å². The van der Waals surface area contributed by atoms with E-state index < -0.39 is 8.07 Å². The third-order valence-corrected chi connectivity index (χ3v) is 20.3. The maximum Gasteiger partial charge on any atom is 0.159 e. The summed E-state index contributed by atoms with van der Waals surface area (Å²) in [5.41, 5.74) is 17.3. The number of nitrogens with zero attached hydrogens (tertiary/aromatic N) is 2. The molecule has 15 aromatic rings. The molecule has 0 unspecified atom stereocenters. The monoisotopic (exact) mass is 1030 g/mol. The summed E-state index contributed by atoms with van der Waals surface area (Å²) >= 11 is 0. The average Bonchev–Trinajstić information content (AvgIpc) is 4.25. The van der Waals surface area contributed by atoms with E-state index in [2.05, 4.69) is 278 Å². The molecule has 0 N–H and O–H groups in total. The molecule has 0 saturated carbocycles. The minimum Gasteiger partial charge on any atom is -0.456 e.